The van der Waals surface area contributed by atoms with Gasteiger partial charge in [-0.15, -0.1) is 0 Å². The zero-order valence-electron chi connectivity index (χ0n) is 11.0. The van der Waals surface area contributed by atoms with E-state index in [0.29, 0.717) is 0 Å². The molecule has 0 saturated heterocycles. The number of benzene rings is 1. The first-order chi connectivity index (χ1) is 8.40. The minimum absolute atomic E-state index is 0.0669. The number of likely N-dealkylation sites (N-methyl/N-ethyl adjacent to an activating group) is 1. The Morgan fingerprint density at radius 2 is 1.89 bits per heavy atom. The summed E-state index contributed by atoms with van der Waals surface area (Å²) in [5.74, 6) is 0.0669. The van der Waals surface area contributed by atoms with E-state index in [2.05, 4.69) is 5.32 Å². The molecule has 4 heteroatoms. The minimum Gasteiger partial charge on any atom is -0.314 e. The van der Waals surface area contributed by atoms with Gasteiger partial charge in [-0.3, -0.25) is 0 Å². The van der Waals surface area contributed by atoms with E-state index >= 15 is 0 Å². The highest BCUT2D eigenvalue weighted by atomic mass is 19.4. The third-order valence-corrected chi connectivity index (χ3v) is 3.25. The quantitative estimate of drug-likeness (QED) is 0.835. The second-order valence-electron chi connectivity index (χ2n) is 4.48. The molecule has 102 valence electrons. The van der Waals surface area contributed by atoms with E-state index in [1.807, 2.05) is 20.8 Å². The van der Waals surface area contributed by atoms with Crippen LogP contribution < -0.4 is 5.32 Å². The summed E-state index contributed by atoms with van der Waals surface area (Å²) in [4.78, 5) is 0. The van der Waals surface area contributed by atoms with Gasteiger partial charge in [0.05, 0.1) is 5.56 Å². The van der Waals surface area contributed by atoms with Crippen LogP contribution in [0.2, 0.25) is 0 Å². The van der Waals surface area contributed by atoms with Crippen molar-refractivity contribution >= 4 is 0 Å². The number of nitrogens with one attached hydrogen (secondary N) is 1. The van der Waals surface area contributed by atoms with E-state index in [0.717, 1.165) is 24.6 Å². The summed E-state index contributed by atoms with van der Waals surface area (Å²) in [7, 11) is 0. The predicted octanol–water partition coefficient (Wildman–Crippen LogP) is 4.20. The Labute approximate surface area is 106 Å². The van der Waals surface area contributed by atoms with Gasteiger partial charge in [-0.25, -0.2) is 0 Å². The zero-order valence-corrected chi connectivity index (χ0v) is 11.0. The van der Waals surface area contributed by atoms with Crippen LogP contribution in [0.25, 0.3) is 0 Å². The van der Waals surface area contributed by atoms with Crippen LogP contribution in [0.1, 0.15) is 44.2 Å². The number of hydrogen-bond acceptors (Lipinski definition) is 1. The van der Waals surface area contributed by atoms with E-state index in [1.54, 1.807) is 6.07 Å². The predicted molar refractivity (Wildman–Crippen MR) is 67.6 cm³/mol. The van der Waals surface area contributed by atoms with Crippen LogP contribution in [0.15, 0.2) is 24.3 Å². The van der Waals surface area contributed by atoms with Crippen molar-refractivity contribution in [2.75, 3.05) is 6.54 Å². The summed E-state index contributed by atoms with van der Waals surface area (Å²) in [6.45, 7) is 6.83. The van der Waals surface area contributed by atoms with Crippen LogP contribution in [0.5, 0.6) is 0 Å². The molecule has 0 fully saturated rings. The highest BCUT2D eigenvalue weighted by molar-refractivity contribution is 5.28. The summed E-state index contributed by atoms with van der Waals surface area (Å²) in [6, 6.07) is 5.82. The van der Waals surface area contributed by atoms with Crippen molar-refractivity contribution in [2.24, 2.45) is 0 Å². The van der Waals surface area contributed by atoms with Gasteiger partial charge in [-0.05, 0) is 30.5 Å². The van der Waals surface area contributed by atoms with E-state index in [1.165, 1.54) is 12.1 Å². The molecule has 0 saturated carbocycles. The molecule has 1 rings (SSSR count). The zero-order chi connectivity index (χ0) is 13.8. The van der Waals surface area contributed by atoms with Gasteiger partial charge in [0.1, 0.15) is 0 Å². The Morgan fingerprint density at radius 1 is 1.22 bits per heavy atom. The fourth-order valence-corrected chi connectivity index (χ4v) is 2.17. The third-order valence-electron chi connectivity index (χ3n) is 3.25. The van der Waals surface area contributed by atoms with Crippen molar-refractivity contribution in [1.82, 2.24) is 5.32 Å². The normalized spacial score (nSPS) is 15.4. The molecule has 2 unspecified atom stereocenters. The lowest BCUT2D eigenvalue weighted by molar-refractivity contribution is -0.137. The topological polar surface area (TPSA) is 12.0 Å². The lowest BCUT2D eigenvalue weighted by Crippen LogP contribution is -2.33. The molecule has 1 aromatic carbocycles. The maximum atomic E-state index is 12.6. The molecule has 1 nitrogen and oxygen atoms in total. The third kappa shape index (κ3) is 3.73. The van der Waals surface area contributed by atoms with Gasteiger partial charge < -0.3 is 5.32 Å². The van der Waals surface area contributed by atoms with Crippen molar-refractivity contribution in [3.63, 3.8) is 0 Å². The highest BCUT2D eigenvalue weighted by Crippen LogP contribution is 2.32. The smallest absolute Gasteiger partial charge is 0.314 e. The van der Waals surface area contributed by atoms with Gasteiger partial charge in [0.25, 0.3) is 0 Å². The van der Waals surface area contributed by atoms with Crippen LogP contribution in [0.3, 0.4) is 0 Å². The van der Waals surface area contributed by atoms with E-state index < -0.39 is 11.7 Å². The molecule has 0 heterocycles. The molecular weight excluding hydrogens is 239 g/mol. The van der Waals surface area contributed by atoms with Crippen LogP contribution >= 0.6 is 0 Å². The average molecular weight is 259 g/mol. The molecule has 0 aliphatic rings. The second-order valence-corrected chi connectivity index (χ2v) is 4.48. The molecule has 0 spiro atoms. The molecule has 0 radical (unpaired) electrons. The van der Waals surface area contributed by atoms with Gasteiger partial charge >= 0.3 is 6.18 Å². The SMILES string of the molecule is CCNC(CC)C(C)c1cccc(C(F)(F)F)c1. The molecule has 0 aliphatic carbocycles. The molecular formula is C14H20F3N. The largest absolute Gasteiger partial charge is 0.416 e. The first kappa shape index (κ1) is 15.0. The first-order valence-electron chi connectivity index (χ1n) is 6.30. The van der Waals surface area contributed by atoms with Crippen LogP contribution in [0.4, 0.5) is 13.2 Å². The summed E-state index contributed by atoms with van der Waals surface area (Å²) < 4.78 is 37.9. The Bertz CT molecular complexity index is 374. The molecule has 0 bridgehead atoms. The van der Waals surface area contributed by atoms with Crippen molar-refractivity contribution in [3.05, 3.63) is 35.4 Å². The van der Waals surface area contributed by atoms with Gasteiger partial charge in [0, 0.05) is 6.04 Å². The van der Waals surface area contributed by atoms with Gasteiger partial charge in [0.15, 0.2) is 0 Å². The standard InChI is InChI=1S/C14H20F3N/c1-4-13(18-5-2)10(3)11-7-6-8-12(9-11)14(15,16)17/h6-10,13,18H,4-5H2,1-3H3. The van der Waals surface area contributed by atoms with Crippen molar-refractivity contribution in [3.8, 4) is 0 Å². The minimum atomic E-state index is -4.27. The molecule has 1 aromatic rings. The Morgan fingerprint density at radius 3 is 2.39 bits per heavy atom. The van der Waals surface area contributed by atoms with Crippen LogP contribution in [-0.4, -0.2) is 12.6 Å². The van der Waals surface area contributed by atoms with Gasteiger partial charge in [-0.2, -0.15) is 13.2 Å². The molecule has 2 atom stereocenters. The Balaban J connectivity index is 2.95. The van der Waals surface area contributed by atoms with Crippen LogP contribution in [-0.2, 0) is 6.18 Å². The Hall–Kier alpha value is -1.03. The monoisotopic (exact) mass is 259 g/mol. The number of hydrogen-bond donors (Lipinski definition) is 1. The lowest BCUT2D eigenvalue weighted by Gasteiger charge is -2.24. The maximum absolute atomic E-state index is 12.6. The molecule has 0 amide bonds. The maximum Gasteiger partial charge on any atom is 0.416 e. The Kier molecular flexibility index (Phi) is 5.20. The summed E-state index contributed by atoms with van der Waals surface area (Å²) in [5.41, 5.74) is 0.163. The second kappa shape index (κ2) is 6.23. The number of halogens is 3. The molecule has 0 aromatic heterocycles. The fraction of sp³-hybridized carbons (Fsp3) is 0.571. The van der Waals surface area contributed by atoms with Crippen LogP contribution in [0, 0.1) is 0 Å². The van der Waals surface area contributed by atoms with Crippen molar-refractivity contribution in [2.45, 2.75) is 45.3 Å². The molecule has 1 N–H and O–H groups in total. The average Bonchev–Trinajstić information content (AvgIpc) is 2.34. The fourth-order valence-electron chi connectivity index (χ4n) is 2.17. The van der Waals surface area contributed by atoms with E-state index in [4.69, 9.17) is 0 Å². The van der Waals surface area contributed by atoms with Crippen molar-refractivity contribution in [1.29, 1.82) is 0 Å². The number of alkyl halides is 3. The van der Waals surface area contributed by atoms with E-state index in [9.17, 15) is 13.2 Å². The molecule has 0 aliphatic heterocycles. The summed E-state index contributed by atoms with van der Waals surface area (Å²) >= 11 is 0. The van der Waals surface area contributed by atoms with E-state index in [-0.39, 0.29) is 12.0 Å². The first-order valence-corrected chi connectivity index (χ1v) is 6.30. The lowest BCUT2D eigenvalue weighted by atomic mass is 9.90. The highest BCUT2D eigenvalue weighted by Gasteiger charge is 2.31. The van der Waals surface area contributed by atoms with Gasteiger partial charge in [0.2, 0.25) is 0 Å². The van der Waals surface area contributed by atoms with Crippen molar-refractivity contribution < 1.29 is 13.2 Å². The number of rotatable bonds is 5. The summed E-state index contributed by atoms with van der Waals surface area (Å²) in [5, 5.41) is 3.31. The van der Waals surface area contributed by atoms with Gasteiger partial charge in [-0.1, -0.05) is 39.0 Å². The summed E-state index contributed by atoms with van der Waals surface area (Å²) in [6.07, 6.45) is -3.37. The molecule has 18 heavy (non-hydrogen) atoms.